The first-order valence-corrected chi connectivity index (χ1v) is 10.7. The highest BCUT2D eigenvalue weighted by Gasteiger charge is 2.27. The average Bonchev–Trinajstić information content (AvgIpc) is 2.56. The Morgan fingerprint density at radius 2 is 1.54 bits per heavy atom. The maximum absolute atomic E-state index is 12.6. The molecule has 0 aliphatic carbocycles. The van der Waals surface area contributed by atoms with Crippen molar-refractivity contribution in [1.29, 1.82) is 0 Å². The Morgan fingerprint density at radius 3 is 2.21 bits per heavy atom. The monoisotopic (exact) mass is 456 g/mol. The average molecular weight is 456 g/mol. The van der Waals surface area contributed by atoms with Gasteiger partial charge in [0, 0.05) is 36.3 Å². The molecule has 1 fully saturated rings. The molecule has 3 rings (SSSR count). The van der Waals surface area contributed by atoms with Crippen LogP contribution in [-0.4, -0.2) is 43.8 Å². The van der Waals surface area contributed by atoms with Crippen LogP contribution in [0.5, 0.6) is 0 Å². The molecule has 0 radical (unpaired) electrons. The van der Waals surface area contributed by atoms with E-state index in [9.17, 15) is 8.42 Å². The summed E-state index contributed by atoms with van der Waals surface area (Å²) in [6.45, 7) is 3.57. The molecule has 1 aliphatic heterocycles. The fraction of sp³-hybridized carbons (Fsp3) is 0.333. The molecule has 0 amide bonds. The molecule has 0 spiro atoms. The number of sulfonamides is 1. The molecule has 6 heteroatoms. The number of benzene rings is 2. The molecule has 128 valence electrons. The standard InChI is InChI=1S/C18H21IN2O2S/c19-18-8-4-7-17(13-18)15-24(22,23)21-11-9-20(10-12-21)14-16-5-2-1-3-6-16/h1-8,13H,9-12,14-15H2. The molecule has 0 saturated carbocycles. The van der Waals surface area contributed by atoms with Gasteiger partial charge in [-0.1, -0.05) is 42.5 Å². The fourth-order valence-corrected chi connectivity index (χ4v) is 5.05. The molecular formula is C18H21IN2O2S. The third-order valence-corrected chi connectivity index (χ3v) is 6.73. The Hall–Kier alpha value is -0.960. The Kier molecular flexibility index (Phi) is 5.91. The Bertz CT molecular complexity index is 773. The molecule has 24 heavy (non-hydrogen) atoms. The van der Waals surface area contributed by atoms with E-state index in [2.05, 4.69) is 39.6 Å². The summed E-state index contributed by atoms with van der Waals surface area (Å²) in [5, 5.41) is 0. The second-order valence-electron chi connectivity index (χ2n) is 6.05. The van der Waals surface area contributed by atoms with Gasteiger partial charge in [-0.05, 0) is 45.9 Å². The smallest absolute Gasteiger partial charge is 0.218 e. The predicted molar refractivity (Wildman–Crippen MR) is 105 cm³/mol. The van der Waals surface area contributed by atoms with Crippen molar-refractivity contribution in [3.8, 4) is 0 Å². The Labute approximate surface area is 157 Å². The van der Waals surface area contributed by atoms with Crippen LogP contribution < -0.4 is 0 Å². The predicted octanol–water partition coefficient (Wildman–Crippen LogP) is 2.94. The number of nitrogens with zero attached hydrogens (tertiary/aromatic N) is 2. The molecule has 1 aliphatic rings. The van der Waals surface area contributed by atoms with Crippen LogP contribution in [0.25, 0.3) is 0 Å². The number of halogens is 1. The summed E-state index contributed by atoms with van der Waals surface area (Å²) in [5.74, 6) is 0.0858. The molecule has 0 aromatic heterocycles. The van der Waals surface area contributed by atoms with Crippen LogP contribution in [0.3, 0.4) is 0 Å². The van der Waals surface area contributed by atoms with Crippen molar-refractivity contribution in [2.45, 2.75) is 12.3 Å². The Balaban J connectivity index is 1.57. The summed E-state index contributed by atoms with van der Waals surface area (Å²) in [5.41, 5.74) is 2.13. The zero-order valence-electron chi connectivity index (χ0n) is 13.4. The van der Waals surface area contributed by atoms with Crippen LogP contribution in [0.4, 0.5) is 0 Å². The van der Waals surface area contributed by atoms with Crippen LogP contribution in [0, 0.1) is 3.57 Å². The van der Waals surface area contributed by atoms with E-state index in [0.29, 0.717) is 13.1 Å². The van der Waals surface area contributed by atoms with Gasteiger partial charge in [0.05, 0.1) is 5.75 Å². The van der Waals surface area contributed by atoms with E-state index >= 15 is 0 Å². The minimum atomic E-state index is -3.25. The molecule has 0 bridgehead atoms. The maximum Gasteiger partial charge on any atom is 0.218 e. The molecule has 2 aromatic rings. The fourth-order valence-electron chi connectivity index (χ4n) is 2.94. The van der Waals surface area contributed by atoms with Gasteiger partial charge in [-0.15, -0.1) is 0 Å². The number of hydrogen-bond acceptors (Lipinski definition) is 3. The van der Waals surface area contributed by atoms with Crippen LogP contribution >= 0.6 is 22.6 Å². The lowest BCUT2D eigenvalue weighted by Gasteiger charge is -2.34. The number of hydrogen-bond donors (Lipinski definition) is 0. The van der Waals surface area contributed by atoms with Crippen LogP contribution in [0.1, 0.15) is 11.1 Å². The maximum atomic E-state index is 12.6. The molecule has 1 saturated heterocycles. The minimum Gasteiger partial charge on any atom is -0.296 e. The van der Waals surface area contributed by atoms with Gasteiger partial charge in [0.2, 0.25) is 10.0 Å². The van der Waals surface area contributed by atoms with Gasteiger partial charge in [0.25, 0.3) is 0 Å². The molecule has 2 aromatic carbocycles. The van der Waals surface area contributed by atoms with Gasteiger partial charge in [-0.2, -0.15) is 4.31 Å². The molecule has 1 heterocycles. The van der Waals surface area contributed by atoms with E-state index in [0.717, 1.165) is 28.8 Å². The number of piperazine rings is 1. The molecular weight excluding hydrogens is 435 g/mol. The second-order valence-corrected chi connectivity index (χ2v) is 9.26. The SMILES string of the molecule is O=S(=O)(Cc1cccc(I)c1)N1CCN(Cc2ccccc2)CC1. The van der Waals surface area contributed by atoms with Crippen molar-refractivity contribution in [1.82, 2.24) is 9.21 Å². The van der Waals surface area contributed by atoms with Gasteiger partial charge >= 0.3 is 0 Å². The summed E-state index contributed by atoms with van der Waals surface area (Å²) in [7, 11) is -3.25. The van der Waals surface area contributed by atoms with Crippen LogP contribution in [0.2, 0.25) is 0 Å². The van der Waals surface area contributed by atoms with Crippen molar-refractivity contribution in [2.24, 2.45) is 0 Å². The minimum absolute atomic E-state index is 0.0858. The quantitative estimate of drug-likeness (QED) is 0.650. The van der Waals surface area contributed by atoms with Gasteiger partial charge < -0.3 is 0 Å². The van der Waals surface area contributed by atoms with Crippen LogP contribution in [0.15, 0.2) is 54.6 Å². The first-order chi connectivity index (χ1) is 11.5. The normalized spacial score (nSPS) is 17.0. The Morgan fingerprint density at radius 1 is 0.875 bits per heavy atom. The van der Waals surface area contributed by atoms with Crippen molar-refractivity contribution in [2.75, 3.05) is 26.2 Å². The summed E-state index contributed by atoms with van der Waals surface area (Å²) >= 11 is 2.21. The van der Waals surface area contributed by atoms with Crippen molar-refractivity contribution in [3.05, 3.63) is 69.3 Å². The van der Waals surface area contributed by atoms with E-state index in [-0.39, 0.29) is 5.75 Å². The lowest BCUT2D eigenvalue weighted by Crippen LogP contribution is -2.48. The third kappa shape index (κ3) is 4.78. The van der Waals surface area contributed by atoms with Gasteiger partial charge in [-0.25, -0.2) is 8.42 Å². The lowest BCUT2D eigenvalue weighted by atomic mass is 10.2. The van der Waals surface area contributed by atoms with E-state index in [4.69, 9.17) is 0 Å². The summed E-state index contributed by atoms with van der Waals surface area (Å²) in [6.07, 6.45) is 0. The van der Waals surface area contributed by atoms with E-state index in [1.807, 2.05) is 42.5 Å². The van der Waals surface area contributed by atoms with Gasteiger partial charge in [-0.3, -0.25) is 4.90 Å². The largest absolute Gasteiger partial charge is 0.296 e. The molecule has 4 nitrogen and oxygen atoms in total. The second kappa shape index (κ2) is 7.95. The number of rotatable bonds is 5. The molecule has 0 unspecified atom stereocenters. The van der Waals surface area contributed by atoms with E-state index in [1.165, 1.54) is 5.56 Å². The lowest BCUT2D eigenvalue weighted by molar-refractivity contribution is 0.181. The zero-order valence-corrected chi connectivity index (χ0v) is 16.4. The highest BCUT2D eigenvalue weighted by Crippen LogP contribution is 2.16. The van der Waals surface area contributed by atoms with Crippen molar-refractivity contribution in [3.63, 3.8) is 0 Å². The van der Waals surface area contributed by atoms with Gasteiger partial charge in [0.15, 0.2) is 0 Å². The summed E-state index contributed by atoms with van der Waals surface area (Å²) in [6, 6.07) is 18.0. The highest BCUT2D eigenvalue weighted by atomic mass is 127. The van der Waals surface area contributed by atoms with E-state index < -0.39 is 10.0 Å². The zero-order chi connectivity index (χ0) is 17.0. The molecule has 0 N–H and O–H groups in total. The highest BCUT2D eigenvalue weighted by molar-refractivity contribution is 14.1. The van der Waals surface area contributed by atoms with Crippen LogP contribution in [-0.2, 0) is 22.3 Å². The van der Waals surface area contributed by atoms with Gasteiger partial charge in [0.1, 0.15) is 0 Å². The summed E-state index contributed by atoms with van der Waals surface area (Å²) < 4.78 is 28.0. The molecule has 0 atom stereocenters. The summed E-state index contributed by atoms with van der Waals surface area (Å²) in [4.78, 5) is 2.31. The third-order valence-electron chi connectivity index (χ3n) is 4.21. The van der Waals surface area contributed by atoms with E-state index in [1.54, 1.807) is 4.31 Å². The topological polar surface area (TPSA) is 40.6 Å². The first-order valence-electron chi connectivity index (χ1n) is 8.01. The first kappa shape index (κ1) is 17.8. The van der Waals surface area contributed by atoms with Crippen molar-refractivity contribution >= 4 is 32.6 Å². The van der Waals surface area contributed by atoms with Crippen molar-refractivity contribution < 1.29 is 8.42 Å².